The molecule has 0 radical (unpaired) electrons. The molecule has 0 aliphatic rings. The number of hydrogen-bond donors (Lipinski definition) is 0. The molecular weight excluding hydrogens is 284 g/mol. The van der Waals surface area contributed by atoms with Gasteiger partial charge in [-0.1, -0.05) is 6.07 Å². The zero-order valence-electron chi connectivity index (χ0n) is 10.3. The van der Waals surface area contributed by atoms with E-state index in [9.17, 15) is 5.26 Å². The molecule has 20 heavy (non-hydrogen) atoms. The van der Waals surface area contributed by atoms with Gasteiger partial charge in [-0.15, -0.1) is 22.7 Å². The summed E-state index contributed by atoms with van der Waals surface area (Å²) >= 11 is 3.31. The topological polar surface area (TPSA) is 36.7 Å². The van der Waals surface area contributed by atoms with E-state index in [1.807, 2.05) is 17.6 Å². The van der Waals surface area contributed by atoms with E-state index in [-0.39, 0.29) is 0 Å². The van der Waals surface area contributed by atoms with Gasteiger partial charge in [0.1, 0.15) is 0 Å². The van der Waals surface area contributed by atoms with E-state index in [4.69, 9.17) is 0 Å². The Morgan fingerprint density at radius 2 is 1.95 bits per heavy atom. The molecule has 0 unspecified atom stereocenters. The molecule has 4 rings (SSSR count). The minimum Gasteiger partial charge on any atom is -0.244 e. The van der Waals surface area contributed by atoms with Crippen molar-refractivity contribution in [1.29, 1.82) is 5.26 Å². The molecular formula is C16H8N2S2. The molecule has 0 fully saturated rings. The van der Waals surface area contributed by atoms with E-state index in [2.05, 4.69) is 40.7 Å². The first-order valence-corrected chi connectivity index (χ1v) is 7.86. The fourth-order valence-corrected chi connectivity index (χ4v) is 3.90. The second-order valence-corrected chi connectivity index (χ2v) is 6.34. The van der Waals surface area contributed by atoms with Crippen LogP contribution in [0.25, 0.3) is 31.4 Å². The first-order chi connectivity index (χ1) is 9.85. The molecule has 0 saturated heterocycles. The number of rotatable bonds is 1. The maximum absolute atomic E-state index is 9.18. The number of nitrogens with zero attached hydrogens (tertiary/aromatic N) is 2. The number of aromatic nitrogens is 1. The Morgan fingerprint density at radius 1 is 1.00 bits per heavy atom. The van der Waals surface area contributed by atoms with E-state index >= 15 is 0 Å². The van der Waals surface area contributed by atoms with Crippen LogP contribution < -0.4 is 0 Å². The Kier molecular flexibility index (Phi) is 2.56. The lowest BCUT2D eigenvalue weighted by Gasteiger charge is -2.04. The molecule has 0 amide bonds. The van der Waals surface area contributed by atoms with Crippen molar-refractivity contribution in [3.8, 4) is 17.2 Å². The van der Waals surface area contributed by atoms with E-state index in [1.165, 1.54) is 10.1 Å². The van der Waals surface area contributed by atoms with Gasteiger partial charge < -0.3 is 0 Å². The van der Waals surface area contributed by atoms with Gasteiger partial charge in [0.05, 0.1) is 27.4 Å². The molecule has 0 spiro atoms. The third-order valence-corrected chi connectivity index (χ3v) is 5.00. The first-order valence-electron chi connectivity index (χ1n) is 6.10. The van der Waals surface area contributed by atoms with Crippen molar-refractivity contribution in [2.75, 3.05) is 0 Å². The van der Waals surface area contributed by atoms with Crippen LogP contribution in [0.5, 0.6) is 0 Å². The normalized spacial score (nSPS) is 10.9. The summed E-state index contributed by atoms with van der Waals surface area (Å²) in [7, 11) is 0. The smallest absolute Gasteiger partial charge is 0.0992 e. The molecule has 0 atom stereocenters. The third-order valence-electron chi connectivity index (χ3n) is 3.33. The van der Waals surface area contributed by atoms with Gasteiger partial charge in [-0.2, -0.15) is 5.26 Å². The van der Waals surface area contributed by atoms with Crippen LogP contribution in [0, 0.1) is 11.3 Å². The maximum atomic E-state index is 9.18. The summed E-state index contributed by atoms with van der Waals surface area (Å²) < 4.78 is 2.34. The quantitative estimate of drug-likeness (QED) is 0.492. The predicted molar refractivity (Wildman–Crippen MR) is 85.2 cm³/mol. The summed E-state index contributed by atoms with van der Waals surface area (Å²) in [5.74, 6) is 0. The number of nitriles is 1. The number of thiophene rings is 1. The van der Waals surface area contributed by atoms with Crippen molar-refractivity contribution in [3.63, 3.8) is 0 Å². The molecule has 2 nitrogen and oxygen atoms in total. The number of benzene rings is 2. The molecule has 0 N–H and O–H groups in total. The van der Waals surface area contributed by atoms with E-state index in [0.29, 0.717) is 5.56 Å². The molecule has 0 saturated carbocycles. The molecule has 4 aromatic rings. The molecule has 2 aromatic heterocycles. The van der Waals surface area contributed by atoms with Crippen LogP contribution in [0.4, 0.5) is 0 Å². The van der Waals surface area contributed by atoms with Crippen molar-refractivity contribution in [3.05, 3.63) is 52.9 Å². The predicted octanol–water partition coefficient (Wildman–Crippen LogP) is 5.05. The van der Waals surface area contributed by atoms with Crippen molar-refractivity contribution < 1.29 is 0 Å². The van der Waals surface area contributed by atoms with Crippen LogP contribution in [0.3, 0.4) is 0 Å². The summed E-state index contributed by atoms with van der Waals surface area (Å²) in [5.41, 5.74) is 5.64. The van der Waals surface area contributed by atoms with Crippen LogP contribution in [-0.2, 0) is 0 Å². The average molecular weight is 292 g/mol. The van der Waals surface area contributed by atoms with Crippen molar-refractivity contribution in [2.24, 2.45) is 0 Å². The Hall–Kier alpha value is -2.22. The summed E-state index contributed by atoms with van der Waals surface area (Å²) in [6.07, 6.45) is 0. The Bertz CT molecular complexity index is 973. The minimum atomic E-state index is 0.683. The van der Waals surface area contributed by atoms with Gasteiger partial charge in [0.2, 0.25) is 0 Å². The fraction of sp³-hybridized carbons (Fsp3) is 0. The highest BCUT2D eigenvalue weighted by Gasteiger charge is 2.09. The minimum absolute atomic E-state index is 0.683. The average Bonchev–Trinajstić information content (AvgIpc) is 3.13. The fourth-order valence-electron chi connectivity index (χ4n) is 2.39. The number of thiazole rings is 1. The van der Waals surface area contributed by atoms with Crippen molar-refractivity contribution in [2.45, 2.75) is 0 Å². The Labute approximate surface area is 123 Å². The summed E-state index contributed by atoms with van der Waals surface area (Å²) in [6, 6.07) is 14.6. The van der Waals surface area contributed by atoms with Gasteiger partial charge in [0.25, 0.3) is 0 Å². The monoisotopic (exact) mass is 292 g/mol. The molecule has 2 heterocycles. The highest BCUT2D eigenvalue weighted by atomic mass is 32.1. The highest BCUT2D eigenvalue weighted by molar-refractivity contribution is 7.17. The second kappa shape index (κ2) is 4.41. The van der Waals surface area contributed by atoms with Crippen LogP contribution >= 0.6 is 22.7 Å². The number of fused-ring (bicyclic) bond motifs is 2. The Balaban J connectivity index is 2.05. The van der Waals surface area contributed by atoms with Crippen LogP contribution in [0.2, 0.25) is 0 Å². The summed E-state index contributed by atoms with van der Waals surface area (Å²) in [6.45, 7) is 0. The van der Waals surface area contributed by atoms with Crippen molar-refractivity contribution in [1.82, 2.24) is 4.98 Å². The molecule has 2 aromatic carbocycles. The van der Waals surface area contributed by atoms with Gasteiger partial charge in [0, 0.05) is 10.3 Å². The number of hydrogen-bond acceptors (Lipinski definition) is 4. The maximum Gasteiger partial charge on any atom is 0.0992 e. The largest absolute Gasteiger partial charge is 0.244 e. The van der Waals surface area contributed by atoms with E-state index in [1.54, 1.807) is 22.7 Å². The SMILES string of the molecule is N#Cc1cc(-c2ccc3sccc3c2)c2ncsc2c1. The van der Waals surface area contributed by atoms with E-state index in [0.717, 1.165) is 21.3 Å². The van der Waals surface area contributed by atoms with Gasteiger partial charge in [-0.3, -0.25) is 0 Å². The summed E-state index contributed by atoms with van der Waals surface area (Å²) in [4.78, 5) is 4.45. The lowest BCUT2D eigenvalue weighted by Crippen LogP contribution is -1.83. The molecule has 0 bridgehead atoms. The van der Waals surface area contributed by atoms with E-state index < -0.39 is 0 Å². The highest BCUT2D eigenvalue weighted by Crippen LogP contribution is 2.33. The van der Waals surface area contributed by atoms with Gasteiger partial charge >= 0.3 is 0 Å². The standard InChI is InChI=1S/C16H8N2S2/c17-8-10-5-13(16-15(6-10)20-9-18-16)11-1-2-14-12(7-11)3-4-19-14/h1-7,9H. The molecule has 94 valence electrons. The van der Waals surface area contributed by atoms with Crippen molar-refractivity contribution >= 4 is 43.0 Å². The van der Waals surface area contributed by atoms with Crippen LogP contribution in [0.15, 0.2) is 47.3 Å². The van der Waals surface area contributed by atoms with Gasteiger partial charge in [0.15, 0.2) is 0 Å². The lowest BCUT2D eigenvalue weighted by molar-refractivity contribution is 1.47. The first kappa shape index (κ1) is 11.6. The zero-order chi connectivity index (χ0) is 13.5. The summed E-state index contributed by atoms with van der Waals surface area (Å²) in [5, 5.41) is 12.5. The Morgan fingerprint density at radius 3 is 2.85 bits per heavy atom. The molecule has 0 aliphatic carbocycles. The third kappa shape index (κ3) is 1.72. The lowest BCUT2D eigenvalue weighted by atomic mass is 10.0. The van der Waals surface area contributed by atoms with Crippen LogP contribution in [-0.4, -0.2) is 4.98 Å². The van der Waals surface area contributed by atoms with Crippen LogP contribution in [0.1, 0.15) is 5.56 Å². The second-order valence-electron chi connectivity index (χ2n) is 4.51. The molecule has 0 aliphatic heterocycles. The molecule has 4 heteroatoms. The van der Waals surface area contributed by atoms with Gasteiger partial charge in [-0.25, -0.2) is 4.98 Å². The van der Waals surface area contributed by atoms with Gasteiger partial charge in [-0.05, 0) is 46.7 Å². The zero-order valence-corrected chi connectivity index (χ0v) is 12.0.